The Kier molecular flexibility index (Phi) is 4.67. The molecule has 2 heterocycles. The Morgan fingerprint density at radius 3 is 2.36 bits per heavy atom. The number of nitrogens with zero attached hydrogens (tertiary/aromatic N) is 1. The van der Waals surface area contributed by atoms with Crippen molar-refractivity contribution in [1.29, 1.82) is 0 Å². The number of methoxy groups -OCH3 is 1. The molecule has 0 saturated carbocycles. The highest BCUT2D eigenvalue weighted by atomic mass is 16.7. The van der Waals surface area contributed by atoms with E-state index in [1.807, 2.05) is 6.07 Å². The van der Waals surface area contributed by atoms with Gasteiger partial charge in [-0.3, -0.25) is 0 Å². The van der Waals surface area contributed by atoms with Gasteiger partial charge in [0.05, 0.1) is 20.3 Å². The minimum Gasteiger partial charge on any atom is -0.497 e. The van der Waals surface area contributed by atoms with Crippen LogP contribution in [0.4, 0.5) is 5.69 Å². The highest BCUT2D eigenvalue weighted by Crippen LogP contribution is 2.31. The average Bonchev–Trinajstić information content (AvgIpc) is 2.58. The summed E-state index contributed by atoms with van der Waals surface area (Å²) in [7, 11) is 1.59. The largest absolute Gasteiger partial charge is 0.497 e. The SMILES string of the molecule is COc1ccc(C=C2C(=O)OC(C)(C)OC2=O)c(N2CCOCC2)c1. The normalized spacial score (nSPS) is 20.0. The predicted molar refractivity (Wildman–Crippen MR) is 90.3 cm³/mol. The van der Waals surface area contributed by atoms with Crippen molar-refractivity contribution < 1.29 is 28.5 Å². The van der Waals surface area contributed by atoms with Gasteiger partial charge in [-0.2, -0.15) is 0 Å². The van der Waals surface area contributed by atoms with Crippen LogP contribution in [-0.4, -0.2) is 51.1 Å². The Morgan fingerprint density at radius 1 is 1.12 bits per heavy atom. The number of rotatable bonds is 3. The number of carbonyl (C=O) groups excluding carboxylic acids is 2. The van der Waals surface area contributed by atoms with Crippen molar-refractivity contribution in [1.82, 2.24) is 0 Å². The van der Waals surface area contributed by atoms with Gasteiger partial charge in [0.25, 0.3) is 5.79 Å². The maximum atomic E-state index is 12.2. The molecular weight excluding hydrogens is 326 g/mol. The van der Waals surface area contributed by atoms with Gasteiger partial charge in [0, 0.05) is 38.7 Å². The zero-order chi connectivity index (χ0) is 18.0. The Bertz CT molecular complexity index is 696. The molecule has 0 radical (unpaired) electrons. The van der Waals surface area contributed by atoms with Crippen molar-refractivity contribution in [2.45, 2.75) is 19.6 Å². The Balaban J connectivity index is 1.98. The highest BCUT2D eigenvalue weighted by Gasteiger charge is 2.39. The number of ether oxygens (including phenoxy) is 4. The fourth-order valence-electron chi connectivity index (χ4n) is 2.78. The molecule has 0 bridgehead atoms. The quantitative estimate of drug-likeness (QED) is 0.468. The molecular formula is C18H21NO6. The molecule has 0 spiro atoms. The number of esters is 2. The molecule has 0 N–H and O–H groups in total. The molecule has 0 atom stereocenters. The summed E-state index contributed by atoms with van der Waals surface area (Å²) in [4.78, 5) is 26.5. The van der Waals surface area contributed by atoms with E-state index in [9.17, 15) is 9.59 Å². The predicted octanol–water partition coefficient (Wildman–Crippen LogP) is 1.75. The van der Waals surface area contributed by atoms with Crippen molar-refractivity contribution in [2.24, 2.45) is 0 Å². The summed E-state index contributed by atoms with van der Waals surface area (Å²) >= 11 is 0. The lowest BCUT2D eigenvalue weighted by Crippen LogP contribution is -2.41. The first-order valence-electron chi connectivity index (χ1n) is 8.09. The molecule has 0 amide bonds. The average molecular weight is 347 g/mol. The van der Waals surface area contributed by atoms with E-state index in [1.165, 1.54) is 19.9 Å². The molecule has 2 aliphatic rings. The van der Waals surface area contributed by atoms with Crippen LogP contribution < -0.4 is 9.64 Å². The Labute approximate surface area is 146 Å². The fraction of sp³-hybridized carbons (Fsp3) is 0.444. The van der Waals surface area contributed by atoms with E-state index < -0.39 is 17.7 Å². The van der Waals surface area contributed by atoms with Crippen LogP contribution in [0.3, 0.4) is 0 Å². The van der Waals surface area contributed by atoms with Gasteiger partial charge in [-0.15, -0.1) is 0 Å². The molecule has 2 fully saturated rings. The monoisotopic (exact) mass is 347 g/mol. The summed E-state index contributed by atoms with van der Waals surface area (Å²) < 4.78 is 21.0. The summed E-state index contributed by atoms with van der Waals surface area (Å²) in [5, 5.41) is 0. The highest BCUT2D eigenvalue weighted by molar-refractivity contribution is 6.19. The second-order valence-electron chi connectivity index (χ2n) is 6.26. The van der Waals surface area contributed by atoms with Gasteiger partial charge in [-0.25, -0.2) is 9.59 Å². The Hall–Kier alpha value is -2.54. The zero-order valence-corrected chi connectivity index (χ0v) is 14.5. The van der Waals surface area contributed by atoms with Crippen LogP contribution in [0, 0.1) is 0 Å². The molecule has 0 aromatic heterocycles. The van der Waals surface area contributed by atoms with E-state index in [2.05, 4.69) is 4.90 Å². The summed E-state index contributed by atoms with van der Waals surface area (Å²) in [6.07, 6.45) is 1.50. The summed E-state index contributed by atoms with van der Waals surface area (Å²) in [5.41, 5.74) is 1.45. The third kappa shape index (κ3) is 3.76. The zero-order valence-electron chi connectivity index (χ0n) is 14.5. The standard InChI is InChI=1S/C18H21NO6/c1-18(2)24-16(20)14(17(21)25-18)10-12-4-5-13(22-3)11-15(12)19-6-8-23-9-7-19/h4-5,10-11H,6-9H2,1-3H3. The lowest BCUT2D eigenvalue weighted by molar-refractivity contribution is -0.222. The molecule has 134 valence electrons. The topological polar surface area (TPSA) is 74.3 Å². The number of cyclic esters (lactones) is 2. The number of anilines is 1. The second-order valence-corrected chi connectivity index (χ2v) is 6.26. The lowest BCUT2D eigenvalue weighted by atomic mass is 10.1. The van der Waals surface area contributed by atoms with Crippen LogP contribution in [0.15, 0.2) is 23.8 Å². The third-order valence-electron chi connectivity index (χ3n) is 4.01. The second kappa shape index (κ2) is 6.76. The van der Waals surface area contributed by atoms with Gasteiger partial charge >= 0.3 is 11.9 Å². The van der Waals surface area contributed by atoms with Crippen molar-refractivity contribution in [3.63, 3.8) is 0 Å². The lowest BCUT2D eigenvalue weighted by Gasteiger charge is -2.31. The van der Waals surface area contributed by atoms with Gasteiger partial charge in [0.2, 0.25) is 0 Å². The van der Waals surface area contributed by atoms with Gasteiger partial charge < -0.3 is 23.8 Å². The van der Waals surface area contributed by atoms with Crippen molar-refractivity contribution in [3.8, 4) is 5.75 Å². The fourth-order valence-corrected chi connectivity index (χ4v) is 2.78. The molecule has 3 rings (SSSR count). The molecule has 1 aromatic carbocycles. The van der Waals surface area contributed by atoms with Crippen LogP contribution in [-0.2, 0) is 23.8 Å². The third-order valence-corrected chi connectivity index (χ3v) is 4.01. The van der Waals surface area contributed by atoms with Crippen LogP contribution in [0.5, 0.6) is 5.75 Å². The molecule has 0 unspecified atom stereocenters. The first kappa shape index (κ1) is 17.3. The summed E-state index contributed by atoms with van der Waals surface area (Å²) in [5.74, 6) is -1.94. The molecule has 2 aliphatic heterocycles. The van der Waals surface area contributed by atoms with Crippen molar-refractivity contribution in [3.05, 3.63) is 29.3 Å². The van der Waals surface area contributed by atoms with E-state index >= 15 is 0 Å². The smallest absolute Gasteiger partial charge is 0.348 e. The van der Waals surface area contributed by atoms with E-state index in [-0.39, 0.29) is 5.57 Å². The number of hydrogen-bond donors (Lipinski definition) is 0. The minimum absolute atomic E-state index is 0.126. The first-order chi connectivity index (χ1) is 11.9. The number of morpholine rings is 1. The van der Waals surface area contributed by atoms with Gasteiger partial charge in [-0.1, -0.05) is 0 Å². The van der Waals surface area contributed by atoms with E-state index in [0.29, 0.717) is 37.6 Å². The van der Waals surface area contributed by atoms with E-state index in [4.69, 9.17) is 18.9 Å². The van der Waals surface area contributed by atoms with E-state index in [0.717, 1.165) is 5.69 Å². The van der Waals surface area contributed by atoms with Crippen molar-refractivity contribution in [2.75, 3.05) is 38.3 Å². The molecule has 25 heavy (non-hydrogen) atoms. The minimum atomic E-state index is -1.25. The molecule has 0 aliphatic carbocycles. The Morgan fingerprint density at radius 2 is 1.76 bits per heavy atom. The van der Waals surface area contributed by atoms with Crippen LogP contribution >= 0.6 is 0 Å². The first-order valence-corrected chi connectivity index (χ1v) is 8.09. The molecule has 7 nitrogen and oxygen atoms in total. The number of carbonyl (C=O) groups is 2. The van der Waals surface area contributed by atoms with Gasteiger partial charge in [-0.05, 0) is 23.8 Å². The molecule has 1 aromatic rings. The number of benzene rings is 1. The maximum absolute atomic E-state index is 12.2. The number of hydrogen-bond acceptors (Lipinski definition) is 7. The molecule has 2 saturated heterocycles. The van der Waals surface area contributed by atoms with Crippen LogP contribution in [0.2, 0.25) is 0 Å². The maximum Gasteiger partial charge on any atom is 0.348 e. The van der Waals surface area contributed by atoms with Crippen LogP contribution in [0.25, 0.3) is 6.08 Å². The summed E-state index contributed by atoms with van der Waals surface area (Å²) in [6.45, 7) is 5.70. The summed E-state index contributed by atoms with van der Waals surface area (Å²) in [6, 6.07) is 5.46. The van der Waals surface area contributed by atoms with Gasteiger partial charge in [0.1, 0.15) is 11.3 Å². The van der Waals surface area contributed by atoms with Crippen molar-refractivity contribution >= 4 is 23.7 Å². The molecule has 7 heteroatoms. The van der Waals surface area contributed by atoms with E-state index in [1.54, 1.807) is 19.2 Å². The van der Waals surface area contributed by atoms with Crippen LogP contribution in [0.1, 0.15) is 19.4 Å². The van der Waals surface area contributed by atoms with Gasteiger partial charge in [0.15, 0.2) is 0 Å².